The van der Waals surface area contributed by atoms with Gasteiger partial charge in [0.1, 0.15) is 0 Å². The van der Waals surface area contributed by atoms with E-state index in [9.17, 15) is 0 Å². The van der Waals surface area contributed by atoms with Crippen LogP contribution in [0, 0.1) is 11.8 Å². The normalized spacial score (nSPS) is 13.4. The number of benzene rings is 1. The van der Waals surface area contributed by atoms with Gasteiger partial charge in [-0.25, -0.2) is 0 Å². The zero-order chi connectivity index (χ0) is 12.1. The van der Waals surface area contributed by atoms with Crippen molar-refractivity contribution in [3.63, 3.8) is 0 Å². The molecule has 0 bridgehead atoms. The summed E-state index contributed by atoms with van der Waals surface area (Å²) in [5.74, 6) is 1.36. The molecular weight excluding hydrogens is 194 g/mol. The summed E-state index contributed by atoms with van der Waals surface area (Å²) in [5.41, 5.74) is 8.89. The third kappa shape index (κ3) is 4.36. The molecule has 1 nitrogen and oxygen atoms in total. The first-order chi connectivity index (χ1) is 7.49. The van der Waals surface area contributed by atoms with Crippen LogP contribution >= 0.6 is 0 Å². The Bertz CT molecular complexity index is 315. The zero-order valence-electron chi connectivity index (χ0n) is 11.0. The van der Waals surface area contributed by atoms with Gasteiger partial charge in [-0.1, -0.05) is 52.0 Å². The summed E-state index contributed by atoms with van der Waals surface area (Å²) in [7, 11) is 0. The van der Waals surface area contributed by atoms with Gasteiger partial charge in [-0.05, 0) is 35.8 Å². The molecule has 0 aliphatic carbocycles. The van der Waals surface area contributed by atoms with E-state index in [2.05, 4.69) is 52.0 Å². The predicted molar refractivity (Wildman–Crippen MR) is 71.4 cm³/mol. The SMILES string of the molecule is CC(C)Cc1cccc(C(N)CC(C)C)c1. The van der Waals surface area contributed by atoms with Crippen molar-refractivity contribution in [3.8, 4) is 0 Å². The molecule has 0 saturated carbocycles. The molecule has 0 fully saturated rings. The predicted octanol–water partition coefficient (Wildman–Crippen LogP) is 3.93. The number of hydrogen-bond acceptors (Lipinski definition) is 1. The first-order valence-electron chi connectivity index (χ1n) is 6.33. The monoisotopic (exact) mass is 219 g/mol. The second-order valence-electron chi connectivity index (χ2n) is 5.58. The van der Waals surface area contributed by atoms with Gasteiger partial charge in [-0.15, -0.1) is 0 Å². The van der Waals surface area contributed by atoms with Gasteiger partial charge in [0.15, 0.2) is 0 Å². The Morgan fingerprint density at radius 3 is 2.31 bits per heavy atom. The van der Waals surface area contributed by atoms with Gasteiger partial charge in [-0.3, -0.25) is 0 Å². The van der Waals surface area contributed by atoms with Gasteiger partial charge in [0, 0.05) is 6.04 Å². The third-order valence-corrected chi connectivity index (χ3v) is 2.75. The minimum absolute atomic E-state index is 0.187. The van der Waals surface area contributed by atoms with E-state index < -0.39 is 0 Å². The van der Waals surface area contributed by atoms with Crippen LogP contribution in [-0.2, 0) is 6.42 Å². The average Bonchev–Trinajstić information content (AvgIpc) is 2.16. The molecule has 1 unspecified atom stereocenters. The van der Waals surface area contributed by atoms with E-state index in [1.54, 1.807) is 0 Å². The summed E-state index contributed by atoms with van der Waals surface area (Å²) >= 11 is 0. The van der Waals surface area contributed by atoms with Crippen molar-refractivity contribution < 1.29 is 0 Å². The maximum absolute atomic E-state index is 6.20. The van der Waals surface area contributed by atoms with Crippen LogP contribution in [-0.4, -0.2) is 0 Å². The lowest BCUT2D eigenvalue weighted by Gasteiger charge is -2.16. The lowest BCUT2D eigenvalue weighted by molar-refractivity contribution is 0.509. The molecule has 0 amide bonds. The molecule has 1 aromatic rings. The second kappa shape index (κ2) is 6.05. The van der Waals surface area contributed by atoms with Crippen molar-refractivity contribution in [3.05, 3.63) is 35.4 Å². The van der Waals surface area contributed by atoms with E-state index in [1.165, 1.54) is 11.1 Å². The maximum atomic E-state index is 6.20. The van der Waals surface area contributed by atoms with Crippen LogP contribution < -0.4 is 5.73 Å². The fourth-order valence-electron chi connectivity index (χ4n) is 2.07. The molecule has 0 heterocycles. The van der Waals surface area contributed by atoms with Gasteiger partial charge in [0.25, 0.3) is 0 Å². The van der Waals surface area contributed by atoms with E-state index in [0.717, 1.165) is 12.8 Å². The van der Waals surface area contributed by atoms with Crippen molar-refractivity contribution in [2.75, 3.05) is 0 Å². The molecule has 0 aromatic heterocycles. The maximum Gasteiger partial charge on any atom is 0.0297 e. The molecule has 2 N–H and O–H groups in total. The Hall–Kier alpha value is -0.820. The first kappa shape index (κ1) is 13.2. The Morgan fingerprint density at radius 2 is 1.75 bits per heavy atom. The van der Waals surface area contributed by atoms with Gasteiger partial charge >= 0.3 is 0 Å². The third-order valence-electron chi connectivity index (χ3n) is 2.75. The minimum Gasteiger partial charge on any atom is -0.324 e. The Labute approximate surface area is 100 Å². The second-order valence-corrected chi connectivity index (χ2v) is 5.58. The fraction of sp³-hybridized carbons (Fsp3) is 0.600. The molecule has 0 radical (unpaired) electrons. The van der Waals surface area contributed by atoms with Crippen molar-refractivity contribution >= 4 is 0 Å². The van der Waals surface area contributed by atoms with Gasteiger partial charge < -0.3 is 5.73 Å². The molecule has 16 heavy (non-hydrogen) atoms. The van der Waals surface area contributed by atoms with Crippen molar-refractivity contribution in [1.29, 1.82) is 0 Å². The van der Waals surface area contributed by atoms with E-state index in [4.69, 9.17) is 5.73 Å². The van der Waals surface area contributed by atoms with Gasteiger partial charge in [0.2, 0.25) is 0 Å². The highest BCUT2D eigenvalue weighted by Crippen LogP contribution is 2.20. The van der Waals surface area contributed by atoms with Crippen LogP contribution in [0.1, 0.15) is 51.3 Å². The Kier molecular flexibility index (Phi) is 5.01. The molecule has 1 aromatic carbocycles. The van der Waals surface area contributed by atoms with Crippen molar-refractivity contribution in [2.24, 2.45) is 17.6 Å². The van der Waals surface area contributed by atoms with Crippen LogP contribution in [0.25, 0.3) is 0 Å². The Balaban J connectivity index is 2.73. The zero-order valence-corrected chi connectivity index (χ0v) is 11.0. The van der Waals surface area contributed by atoms with Crippen LogP contribution in [0.4, 0.5) is 0 Å². The molecule has 0 saturated heterocycles. The van der Waals surface area contributed by atoms with Crippen LogP contribution in [0.5, 0.6) is 0 Å². The van der Waals surface area contributed by atoms with E-state index in [-0.39, 0.29) is 6.04 Å². The average molecular weight is 219 g/mol. The molecule has 1 rings (SSSR count). The molecule has 1 heteroatoms. The lowest BCUT2D eigenvalue weighted by Crippen LogP contribution is -2.13. The highest BCUT2D eigenvalue weighted by Gasteiger charge is 2.09. The fourth-order valence-corrected chi connectivity index (χ4v) is 2.07. The summed E-state index contributed by atoms with van der Waals surface area (Å²) in [6, 6.07) is 8.94. The van der Waals surface area contributed by atoms with Crippen LogP contribution in [0.2, 0.25) is 0 Å². The molecule has 0 aliphatic heterocycles. The number of hydrogen-bond donors (Lipinski definition) is 1. The number of rotatable bonds is 5. The Morgan fingerprint density at radius 1 is 1.06 bits per heavy atom. The molecule has 0 aliphatic rings. The van der Waals surface area contributed by atoms with Crippen LogP contribution in [0.15, 0.2) is 24.3 Å². The minimum atomic E-state index is 0.187. The summed E-state index contributed by atoms with van der Waals surface area (Å²) in [5, 5.41) is 0. The summed E-state index contributed by atoms with van der Waals surface area (Å²) in [4.78, 5) is 0. The van der Waals surface area contributed by atoms with Crippen LogP contribution in [0.3, 0.4) is 0 Å². The van der Waals surface area contributed by atoms with E-state index >= 15 is 0 Å². The van der Waals surface area contributed by atoms with E-state index in [1.807, 2.05) is 0 Å². The summed E-state index contributed by atoms with van der Waals surface area (Å²) < 4.78 is 0. The first-order valence-corrected chi connectivity index (χ1v) is 6.33. The van der Waals surface area contributed by atoms with Crippen molar-refractivity contribution in [1.82, 2.24) is 0 Å². The largest absolute Gasteiger partial charge is 0.324 e. The molecule has 90 valence electrons. The molecular formula is C15H25N. The van der Waals surface area contributed by atoms with E-state index in [0.29, 0.717) is 11.8 Å². The molecule has 1 atom stereocenters. The smallest absolute Gasteiger partial charge is 0.0297 e. The quantitative estimate of drug-likeness (QED) is 0.797. The highest BCUT2D eigenvalue weighted by molar-refractivity contribution is 5.26. The lowest BCUT2D eigenvalue weighted by atomic mass is 9.94. The topological polar surface area (TPSA) is 26.0 Å². The van der Waals surface area contributed by atoms with Crippen molar-refractivity contribution in [2.45, 2.75) is 46.6 Å². The number of nitrogens with two attached hydrogens (primary N) is 1. The molecule has 0 spiro atoms. The van der Waals surface area contributed by atoms with Gasteiger partial charge in [0.05, 0.1) is 0 Å². The summed E-state index contributed by atoms with van der Waals surface area (Å²) in [6.45, 7) is 8.94. The summed E-state index contributed by atoms with van der Waals surface area (Å²) in [6.07, 6.45) is 2.20. The van der Waals surface area contributed by atoms with Gasteiger partial charge in [-0.2, -0.15) is 0 Å². The standard InChI is InChI=1S/C15H25N/c1-11(2)8-13-6-5-7-14(10-13)15(16)9-12(3)4/h5-7,10-12,15H,8-9,16H2,1-4H3. The highest BCUT2D eigenvalue weighted by atomic mass is 14.6.